The first-order valence-electron chi connectivity index (χ1n) is 14.7. The van der Waals surface area contributed by atoms with Gasteiger partial charge in [-0.3, -0.25) is 9.80 Å². The standard InChI is InChI=1S/C33H43N3O4S/c1-25-13-15-34(16-14-25)18-20-40-30-12-11-26(21-31(30)39-2)22-35(17-19-37)23-27(38)24-36-28-7-3-5-9-32(28)41-33-10-6-4-8-29(33)36/h3-12,21,25,27,37-38H,13-20,22-24H2,1-2H3. The number of aliphatic hydroxyl groups is 2. The Bertz CT molecular complexity index is 1220. The average Bonchev–Trinajstić information content (AvgIpc) is 2.98. The molecule has 0 radical (unpaired) electrons. The number of nitrogens with zero attached hydrogens (tertiary/aromatic N) is 3. The molecule has 7 nitrogen and oxygen atoms in total. The first-order chi connectivity index (χ1) is 20.0. The van der Waals surface area contributed by atoms with Crippen LogP contribution in [0.5, 0.6) is 11.5 Å². The van der Waals surface area contributed by atoms with Crippen LogP contribution in [0.25, 0.3) is 0 Å². The van der Waals surface area contributed by atoms with Gasteiger partial charge in [0.1, 0.15) is 6.61 Å². The van der Waals surface area contributed by atoms with Gasteiger partial charge < -0.3 is 24.6 Å². The van der Waals surface area contributed by atoms with E-state index in [4.69, 9.17) is 9.47 Å². The molecule has 2 aliphatic rings. The Hall–Kier alpha value is -2.75. The van der Waals surface area contributed by atoms with Gasteiger partial charge in [0.05, 0.1) is 37.7 Å². The lowest BCUT2D eigenvalue weighted by Gasteiger charge is -2.35. The molecule has 0 aromatic heterocycles. The molecule has 220 valence electrons. The lowest BCUT2D eigenvalue weighted by Crippen LogP contribution is -2.40. The molecule has 0 bridgehead atoms. The van der Waals surface area contributed by atoms with E-state index in [0.717, 1.165) is 48.2 Å². The summed E-state index contributed by atoms with van der Waals surface area (Å²) in [5.41, 5.74) is 3.27. The van der Waals surface area contributed by atoms with Crippen LogP contribution in [-0.2, 0) is 6.54 Å². The van der Waals surface area contributed by atoms with Crippen molar-refractivity contribution in [1.82, 2.24) is 9.80 Å². The third-order valence-electron chi connectivity index (χ3n) is 7.99. The van der Waals surface area contributed by atoms with Crippen LogP contribution in [0.1, 0.15) is 25.3 Å². The van der Waals surface area contributed by atoms with Gasteiger partial charge in [-0.25, -0.2) is 0 Å². The third kappa shape index (κ3) is 7.76. The number of para-hydroxylation sites is 2. The molecule has 2 heterocycles. The number of benzene rings is 3. The van der Waals surface area contributed by atoms with E-state index in [1.54, 1.807) is 18.9 Å². The number of rotatable bonds is 13. The van der Waals surface area contributed by atoms with Crippen LogP contribution in [0.3, 0.4) is 0 Å². The largest absolute Gasteiger partial charge is 0.493 e. The molecule has 3 aromatic carbocycles. The maximum atomic E-state index is 11.3. The van der Waals surface area contributed by atoms with Crippen LogP contribution >= 0.6 is 11.8 Å². The summed E-state index contributed by atoms with van der Waals surface area (Å²) < 4.78 is 11.8. The van der Waals surface area contributed by atoms with E-state index in [1.807, 2.05) is 30.3 Å². The van der Waals surface area contributed by atoms with Gasteiger partial charge >= 0.3 is 0 Å². The molecule has 3 aromatic rings. The maximum Gasteiger partial charge on any atom is 0.161 e. The highest BCUT2D eigenvalue weighted by molar-refractivity contribution is 7.99. The zero-order valence-electron chi connectivity index (χ0n) is 24.2. The Balaban J connectivity index is 1.20. The molecule has 1 saturated heterocycles. The van der Waals surface area contributed by atoms with Gasteiger partial charge in [-0.15, -0.1) is 0 Å². The van der Waals surface area contributed by atoms with Crippen molar-refractivity contribution in [3.8, 4) is 11.5 Å². The summed E-state index contributed by atoms with van der Waals surface area (Å²) in [6, 6.07) is 22.7. The second-order valence-corrected chi connectivity index (χ2v) is 12.2. The summed E-state index contributed by atoms with van der Waals surface area (Å²) in [7, 11) is 1.67. The molecule has 0 spiro atoms. The van der Waals surface area contributed by atoms with Crippen molar-refractivity contribution in [3.05, 3.63) is 72.3 Å². The van der Waals surface area contributed by atoms with Crippen LogP contribution in [0.4, 0.5) is 11.4 Å². The van der Waals surface area contributed by atoms with Crippen molar-refractivity contribution in [2.75, 3.05) is 64.5 Å². The minimum absolute atomic E-state index is 0.0202. The molecule has 1 unspecified atom stereocenters. The summed E-state index contributed by atoms with van der Waals surface area (Å²) in [5, 5.41) is 21.1. The second-order valence-electron chi connectivity index (χ2n) is 11.1. The molecular formula is C33H43N3O4S. The van der Waals surface area contributed by atoms with Crippen LogP contribution in [-0.4, -0.2) is 85.7 Å². The molecule has 0 amide bonds. The topological polar surface area (TPSA) is 68.6 Å². The summed E-state index contributed by atoms with van der Waals surface area (Å²) in [4.78, 5) is 9.14. The van der Waals surface area contributed by atoms with E-state index >= 15 is 0 Å². The Kier molecular flexibility index (Phi) is 10.5. The first-order valence-corrected chi connectivity index (χ1v) is 15.5. The number of piperidine rings is 1. The number of anilines is 2. The zero-order chi connectivity index (χ0) is 28.6. The molecule has 1 atom stereocenters. The summed E-state index contributed by atoms with van der Waals surface area (Å²) >= 11 is 1.76. The van der Waals surface area contributed by atoms with Crippen LogP contribution in [0.15, 0.2) is 76.5 Å². The Morgan fingerprint density at radius 3 is 2.32 bits per heavy atom. The quantitative estimate of drug-likeness (QED) is 0.285. The molecule has 2 N–H and O–H groups in total. The van der Waals surface area contributed by atoms with Crippen LogP contribution in [0.2, 0.25) is 0 Å². The van der Waals surface area contributed by atoms with E-state index in [1.165, 1.54) is 22.6 Å². The monoisotopic (exact) mass is 577 g/mol. The number of aliphatic hydroxyl groups excluding tert-OH is 2. The maximum absolute atomic E-state index is 11.3. The smallest absolute Gasteiger partial charge is 0.161 e. The third-order valence-corrected chi connectivity index (χ3v) is 9.12. The molecule has 0 aliphatic carbocycles. The molecule has 1 fully saturated rings. The fourth-order valence-corrected chi connectivity index (χ4v) is 6.77. The highest BCUT2D eigenvalue weighted by atomic mass is 32.2. The molecular weight excluding hydrogens is 534 g/mol. The lowest BCUT2D eigenvalue weighted by molar-refractivity contribution is 0.100. The van der Waals surface area contributed by atoms with E-state index in [-0.39, 0.29) is 6.61 Å². The first kappa shape index (κ1) is 29.7. The fourth-order valence-electron chi connectivity index (χ4n) is 5.68. The van der Waals surface area contributed by atoms with E-state index in [9.17, 15) is 10.2 Å². The summed E-state index contributed by atoms with van der Waals surface area (Å²) in [6.45, 7) is 8.13. The Morgan fingerprint density at radius 1 is 0.976 bits per heavy atom. The molecule has 5 rings (SSSR count). The minimum atomic E-state index is -0.618. The van der Waals surface area contributed by atoms with Gasteiger partial charge in [-0.05, 0) is 73.8 Å². The summed E-state index contributed by atoms with van der Waals surface area (Å²) in [6.07, 6.45) is 1.90. The van der Waals surface area contributed by atoms with Crippen molar-refractivity contribution >= 4 is 23.1 Å². The second kappa shape index (κ2) is 14.4. The van der Waals surface area contributed by atoms with Gasteiger partial charge in [-0.1, -0.05) is 49.0 Å². The molecule has 8 heteroatoms. The number of ether oxygens (including phenoxy) is 2. The zero-order valence-corrected chi connectivity index (χ0v) is 25.1. The molecule has 2 aliphatic heterocycles. The number of likely N-dealkylation sites (tertiary alicyclic amines) is 1. The van der Waals surface area contributed by atoms with Crippen molar-refractivity contribution < 1.29 is 19.7 Å². The predicted molar refractivity (Wildman–Crippen MR) is 166 cm³/mol. The van der Waals surface area contributed by atoms with Crippen molar-refractivity contribution in [3.63, 3.8) is 0 Å². The Labute approximate surface area is 248 Å². The average molecular weight is 578 g/mol. The molecule has 41 heavy (non-hydrogen) atoms. The van der Waals surface area contributed by atoms with Crippen molar-refractivity contribution in [1.29, 1.82) is 0 Å². The number of β-amino-alcohol motifs (C(OH)–C–C–N with tert-alkyl or cyclic N) is 1. The van der Waals surface area contributed by atoms with Crippen molar-refractivity contribution in [2.45, 2.75) is 42.2 Å². The Morgan fingerprint density at radius 2 is 1.66 bits per heavy atom. The highest BCUT2D eigenvalue weighted by Crippen LogP contribution is 2.47. The highest BCUT2D eigenvalue weighted by Gasteiger charge is 2.25. The van der Waals surface area contributed by atoms with Crippen LogP contribution in [0, 0.1) is 5.92 Å². The number of fused-ring (bicyclic) bond motifs is 2. The van der Waals surface area contributed by atoms with Gasteiger partial charge in [0.2, 0.25) is 0 Å². The lowest BCUT2D eigenvalue weighted by atomic mass is 9.99. The van der Waals surface area contributed by atoms with Gasteiger partial charge in [0.15, 0.2) is 11.5 Å². The SMILES string of the molecule is COc1cc(CN(CCO)CC(O)CN2c3ccccc3Sc3ccccc32)ccc1OCCN1CCC(C)CC1. The van der Waals surface area contributed by atoms with Crippen molar-refractivity contribution in [2.24, 2.45) is 5.92 Å². The van der Waals surface area contributed by atoms with Gasteiger partial charge in [0, 0.05) is 36.0 Å². The predicted octanol–water partition coefficient (Wildman–Crippen LogP) is 5.26. The number of methoxy groups -OCH3 is 1. The molecule has 0 saturated carbocycles. The van der Waals surface area contributed by atoms with Gasteiger partial charge in [0.25, 0.3) is 0 Å². The number of hydrogen-bond acceptors (Lipinski definition) is 8. The van der Waals surface area contributed by atoms with Gasteiger partial charge in [-0.2, -0.15) is 0 Å². The van der Waals surface area contributed by atoms with E-state index in [2.05, 4.69) is 58.0 Å². The normalized spacial score (nSPS) is 16.4. The fraction of sp³-hybridized carbons (Fsp3) is 0.455. The van der Waals surface area contributed by atoms with Crippen LogP contribution < -0.4 is 14.4 Å². The van der Waals surface area contributed by atoms with E-state index < -0.39 is 6.10 Å². The van der Waals surface area contributed by atoms with E-state index in [0.29, 0.717) is 38.5 Å². The summed E-state index contributed by atoms with van der Waals surface area (Å²) in [5.74, 6) is 2.28. The number of hydrogen-bond donors (Lipinski definition) is 2. The minimum Gasteiger partial charge on any atom is -0.493 e.